The van der Waals surface area contributed by atoms with Crippen molar-refractivity contribution in [2.75, 3.05) is 7.11 Å². The van der Waals surface area contributed by atoms with Crippen molar-refractivity contribution in [3.05, 3.63) is 11.6 Å². The van der Waals surface area contributed by atoms with Crippen LogP contribution in [0.15, 0.2) is 11.6 Å². The molecule has 0 heterocycles. The molecule has 4 heteroatoms. The third-order valence-electron chi connectivity index (χ3n) is 13.0. The van der Waals surface area contributed by atoms with Crippen molar-refractivity contribution in [3.63, 3.8) is 0 Å². The van der Waals surface area contributed by atoms with Crippen molar-refractivity contribution in [3.8, 4) is 0 Å². The minimum atomic E-state index is -0.464. The van der Waals surface area contributed by atoms with Crippen molar-refractivity contribution in [2.24, 2.45) is 50.2 Å². The van der Waals surface area contributed by atoms with Gasteiger partial charge in [-0.2, -0.15) is 0 Å². The molecule has 0 aromatic heterocycles. The lowest BCUT2D eigenvalue weighted by atomic mass is 9.32. The predicted octanol–water partition coefficient (Wildman–Crippen LogP) is 6.29. The van der Waals surface area contributed by atoms with Crippen LogP contribution in [0.2, 0.25) is 0 Å². The number of ether oxygens (including phenoxy) is 1. The number of methoxy groups -OCH3 is 1. The summed E-state index contributed by atoms with van der Waals surface area (Å²) in [5, 5.41) is 22.8. The van der Waals surface area contributed by atoms with E-state index in [4.69, 9.17) is 4.74 Å². The van der Waals surface area contributed by atoms with Crippen LogP contribution in [-0.2, 0) is 9.53 Å². The monoisotopic (exact) mass is 486 g/mol. The molecule has 4 fully saturated rings. The van der Waals surface area contributed by atoms with Crippen molar-refractivity contribution < 1.29 is 19.7 Å². The van der Waals surface area contributed by atoms with Gasteiger partial charge in [0.05, 0.1) is 24.7 Å². The minimum Gasteiger partial charge on any atom is -0.468 e. The average Bonchev–Trinajstić information content (AvgIpc) is 2.76. The number of carbonyl (C=O) groups excluding carboxylic acids is 1. The number of esters is 1. The zero-order chi connectivity index (χ0) is 25.8. The van der Waals surface area contributed by atoms with E-state index >= 15 is 0 Å². The van der Waals surface area contributed by atoms with Crippen molar-refractivity contribution >= 4 is 5.97 Å². The van der Waals surface area contributed by atoms with Gasteiger partial charge in [0.15, 0.2) is 0 Å². The fourth-order valence-electron chi connectivity index (χ4n) is 11.1. The van der Waals surface area contributed by atoms with Gasteiger partial charge in [0.25, 0.3) is 0 Å². The molecule has 2 N–H and O–H groups in total. The van der Waals surface area contributed by atoms with Gasteiger partial charge in [-0.1, -0.05) is 60.1 Å². The average molecular weight is 487 g/mol. The molecule has 4 saturated carbocycles. The molecule has 9 unspecified atom stereocenters. The summed E-state index contributed by atoms with van der Waals surface area (Å²) in [7, 11) is 1.55. The minimum absolute atomic E-state index is 0.0103. The topological polar surface area (TPSA) is 66.8 Å². The summed E-state index contributed by atoms with van der Waals surface area (Å²) >= 11 is 0. The van der Waals surface area contributed by atoms with Crippen LogP contribution in [0.4, 0.5) is 0 Å². The molecule has 0 aromatic rings. The largest absolute Gasteiger partial charge is 0.468 e. The van der Waals surface area contributed by atoms with E-state index in [2.05, 4.69) is 54.5 Å². The Hall–Kier alpha value is -0.870. The summed E-state index contributed by atoms with van der Waals surface area (Å²) in [5.41, 5.74) is 0.735. The smallest absolute Gasteiger partial charge is 0.315 e. The number of hydrogen-bond acceptors (Lipinski definition) is 4. The van der Waals surface area contributed by atoms with Crippen LogP contribution >= 0.6 is 0 Å². The maximum absolute atomic E-state index is 13.3. The molecular weight excluding hydrogens is 436 g/mol. The Morgan fingerprint density at radius 3 is 2.20 bits per heavy atom. The van der Waals surface area contributed by atoms with Crippen LogP contribution < -0.4 is 0 Å². The number of allylic oxidation sites excluding steroid dienone is 1. The quantitative estimate of drug-likeness (QED) is 0.337. The van der Waals surface area contributed by atoms with Gasteiger partial charge in [0.1, 0.15) is 0 Å². The van der Waals surface area contributed by atoms with Crippen LogP contribution in [0.3, 0.4) is 0 Å². The molecule has 0 aromatic carbocycles. The Morgan fingerprint density at radius 1 is 0.886 bits per heavy atom. The Labute approximate surface area is 213 Å². The molecule has 0 bridgehead atoms. The highest BCUT2D eigenvalue weighted by Crippen LogP contribution is 2.76. The molecule has 0 amide bonds. The standard InChI is InChI=1S/C31H50O4/c1-26(2)13-15-31(25(34)35-8)16-14-29(6)19(20(31)17-26)9-10-22-28(5)12-11-23(33)27(3,4)24(28)21(32)18-30(22,29)7/h17,19,21-24,32-33H,9-16,18H2,1-8H3. The van der Waals surface area contributed by atoms with E-state index in [1.165, 1.54) is 5.57 Å². The maximum Gasteiger partial charge on any atom is 0.315 e. The van der Waals surface area contributed by atoms with E-state index < -0.39 is 11.5 Å². The number of rotatable bonds is 1. The van der Waals surface area contributed by atoms with Crippen molar-refractivity contribution in [1.82, 2.24) is 0 Å². The third-order valence-corrected chi connectivity index (χ3v) is 13.0. The zero-order valence-electron chi connectivity index (χ0n) is 23.5. The van der Waals surface area contributed by atoms with Gasteiger partial charge in [-0.15, -0.1) is 0 Å². The molecule has 4 nitrogen and oxygen atoms in total. The molecule has 35 heavy (non-hydrogen) atoms. The highest BCUT2D eigenvalue weighted by molar-refractivity contribution is 5.81. The van der Waals surface area contributed by atoms with E-state index in [0.717, 1.165) is 57.8 Å². The molecule has 198 valence electrons. The lowest BCUT2D eigenvalue weighted by Crippen LogP contribution is -2.69. The lowest BCUT2D eigenvalue weighted by Gasteiger charge is -2.73. The Morgan fingerprint density at radius 2 is 1.54 bits per heavy atom. The van der Waals surface area contributed by atoms with Gasteiger partial charge in [-0.05, 0) is 103 Å². The van der Waals surface area contributed by atoms with Crippen LogP contribution in [0, 0.1) is 50.2 Å². The summed E-state index contributed by atoms with van der Waals surface area (Å²) in [4.78, 5) is 13.3. The fraction of sp³-hybridized carbons (Fsp3) is 0.903. The normalized spacial score (nSPS) is 52.2. The highest BCUT2D eigenvalue weighted by atomic mass is 16.5. The Bertz CT molecular complexity index is 934. The fourth-order valence-corrected chi connectivity index (χ4v) is 11.1. The van der Waals surface area contributed by atoms with E-state index in [1.54, 1.807) is 7.11 Å². The SMILES string of the molecule is COC(=O)C12CCC(C)(C)C=C1C1CCC3C4(C)CCC(O)C(C)(C)C4C(O)CC3(C)C1(C)CC2. The molecule has 0 spiro atoms. The second-order valence-electron chi connectivity index (χ2n) is 15.3. The van der Waals surface area contributed by atoms with Gasteiger partial charge >= 0.3 is 5.97 Å². The first-order chi connectivity index (χ1) is 16.1. The molecule has 5 aliphatic rings. The van der Waals surface area contributed by atoms with Crippen LogP contribution in [0.1, 0.15) is 106 Å². The molecule has 0 aliphatic heterocycles. The molecule has 0 radical (unpaired) electrons. The number of carbonyl (C=O) groups is 1. The summed E-state index contributed by atoms with van der Waals surface area (Å²) in [6.45, 7) is 16.4. The molecule has 5 aliphatic carbocycles. The van der Waals surface area contributed by atoms with Crippen LogP contribution in [-0.4, -0.2) is 35.5 Å². The second-order valence-corrected chi connectivity index (χ2v) is 15.3. The second kappa shape index (κ2) is 7.59. The highest BCUT2D eigenvalue weighted by Gasteiger charge is 2.71. The molecule has 5 rings (SSSR count). The first kappa shape index (κ1) is 25.8. The number of fused-ring (bicyclic) bond motifs is 7. The predicted molar refractivity (Wildman–Crippen MR) is 138 cm³/mol. The summed E-state index contributed by atoms with van der Waals surface area (Å²) in [6, 6.07) is 0. The Balaban J connectivity index is 1.61. The number of aliphatic hydroxyl groups excluding tert-OH is 2. The van der Waals surface area contributed by atoms with Gasteiger partial charge in [0, 0.05) is 0 Å². The van der Waals surface area contributed by atoms with Gasteiger partial charge in [-0.3, -0.25) is 4.79 Å². The third kappa shape index (κ3) is 3.14. The van der Waals surface area contributed by atoms with Gasteiger partial charge in [-0.25, -0.2) is 0 Å². The van der Waals surface area contributed by atoms with E-state index in [-0.39, 0.29) is 45.1 Å². The van der Waals surface area contributed by atoms with Crippen molar-refractivity contribution in [2.45, 2.75) is 118 Å². The summed E-state index contributed by atoms with van der Waals surface area (Å²) in [5.74, 6) is 0.944. The van der Waals surface area contributed by atoms with Crippen molar-refractivity contribution in [1.29, 1.82) is 0 Å². The van der Waals surface area contributed by atoms with E-state index in [1.807, 2.05) is 0 Å². The lowest BCUT2D eigenvalue weighted by molar-refractivity contribution is -0.262. The first-order valence-electron chi connectivity index (χ1n) is 14.3. The Kier molecular flexibility index (Phi) is 5.59. The van der Waals surface area contributed by atoms with Crippen LogP contribution in [0.25, 0.3) is 0 Å². The molecule has 0 saturated heterocycles. The van der Waals surface area contributed by atoms with E-state index in [0.29, 0.717) is 11.8 Å². The molecule has 9 atom stereocenters. The van der Waals surface area contributed by atoms with E-state index in [9.17, 15) is 15.0 Å². The number of hydrogen-bond donors (Lipinski definition) is 2. The first-order valence-corrected chi connectivity index (χ1v) is 14.3. The number of aliphatic hydroxyl groups is 2. The van der Waals surface area contributed by atoms with Gasteiger partial charge < -0.3 is 14.9 Å². The van der Waals surface area contributed by atoms with Crippen LogP contribution in [0.5, 0.6) is 0 Å². The molecular formula is C31H50O4. The zero-order valence-corrected chi connectivity index (χ0v) is 23.5. The maximum atomic E-state index is 13.3. The van der Waals surface area contributed by atoms with Gasteiger partial charge in [0.2, 0.25) is 0 Å². The summed E-state index contributed by atoms with van der Waals surface area (Å²) in [6.07, 6.45) is 10.3. The summed E-state index contributed by atoms with van der Waals surface area (Å²) < 4.78 is 5.46.